The van der Waals surface area contributed by atoms with E-state index in [0.29, 0.717) is 0 Å². The number of aromatic hydroxyl groups is 1. The number of hydrogen-bond donors (Lipinski definition) is 1. The molecule has 4 nitrogen and oxygen atoms in total. The summed E-state index contributed by atoms with van der Waals surface area (Å²) in [4.78, 5) is 4.68. The smallest absolute Gasteiger partial charge is 0.144 e. The first-order valence-corrected chi connectivity index (χ1v) is 7.75. The van der Waals surface area contributed by atoms with Gasteiger partial charge < -0.3 is 14.4 Å². The fourth-order valence-corrected chi connectivity index (χ4v) is 2.94. The van der Waals surface area contributed by atoms with E-state index in [1.54, 1.807) is 13.2 Å². The lowest BCUT2D eigenvalue weighted by molar-refractivity contribution is 0.415. The highest BCUT2D eigenvalue weighted by Crippen LogP contribution is 2.33. The molecule has 1 heterocycles. The predicted molar refractivity (Wildman–Crippen MR) is 91.8 cm³/mol. The van der Waals surface area contributed by atoms with E-state index in [9.17, 15) is 5.11 Å². The van der Waals surface area contributed by atoms with Crippen molar-refractivity contribution in [2.24, 2.45) is 0 Å². The van der Waals surface area contributed by atoms with Gasteiger partial charge in [-0.2, -0.15) is 0 Å². The number of phenols is 1. The minimum Gasteiger partial charge on any atom is -0.507 e. The van der Waals surface area contributed by atoms with Crippen molar-refractivity contribution in [3.05, 3.63) is 40.0 Å². The Kier molecular flexibility index (Phi) is 3.75. The average Bonchev–Trinajstić information content (AvgIpc) is 2.86. The largest absolute Gasteiger partial charge is 0.507 e. The highest BCUT2D eigenvalue weighted by molar-refractivity contribution is 14.1. The molecule has 0 aliphatic carbocycles. The summed E-state index contributed by atoms with van der Waals surface area (Å²) in [7, 11) is 1.64. The minimum atomic E-state index is 0.243. The Morgan fingerprint density at radius 3 is 2.76 bits per heavy atom. The van der Waals surface area contributed by atoms with Crippen molar-refractivity contribution < 1.29 is 9.84 Å². The van der Waals surface area contributed by atoms with Crippen molar-refractivity contribution in [1.29, 1.82) is 0 Å². The Morgan fingerprint density at radius 1 is 1.24 bits per heavy atom. The van der Waals surface area contributed by atoms with Gasteiger partial charge in [0.2, 0.25) is 0 Å². The monoisotopic (exact) mass is 394 g/mol. The van der Waals surface area contributed by atoms with Crippen LogP contribution in [0.2, 0.25) is 0 Å². The summed E-state index contributed by atoms with van der Waals surface area (Å²) < 4.78 is 8.41. The molecule has 0 aliphatic heterocycles. The number of nitrogens with zero attached hydrogens (tertiary/aromatic N) is 2. The van der Waals surface area contributed by atoms with Gasteiger partial charge in [-0.05, 0) is 59.8 Å². The lowest BCUT2D eigenvalue weighted by Gasteiger charge is -2.08. The quantitative estimate of drug-likeness (QED) is 0.683. The van der Waals surface area contributed by atoms with Crippen LogP contribution in [0, 0.1) is 3.57 Å². The van der Waals surface area contributed by atoms with E-state index >= 15 is 0 Å². The molecule has 0 saturated carbocycles. The van der Waals surface area contributed by atoms with Gasteiger partial charge in [0, 0.05) is 16.2 Å². The van der Waals surface area contributed by atoms with Gasteiger partial charge in [-0.3, -0.25) is 0 Å². The summed E-state index contributed by atoms with van der Waals surface area (Å²) in [6, 6.07) is 11.4. The molecule has 0 fully saturated rings. The van der Waals surface area contributed by atoms with Crippen molar-refractivity contribution in [2.45, 2.75) is 13.5 Å². The third-order valence-corrected chi connectivity index (χ3v) is 4.14. The number of hydrogen-bond acceptors (Lipinski definition) is 3. The molecule has 1 aromatic heterocycles. The van der Waals surface area contributed by atoms with Crippen LogP contribution in [-0.2, 0) is 6.54 Å². The lowest BCUT2D eigenvalue weighted by Crippen LogP contribution is -1.98. The van der Waals surface area contributed by atoms with E-state index in [1.807, 2.05) is 30.3 Å². The first-order chi connectivity index (χ1) is 10.1. The van der Waals surface area contributed by atoms with Gasteiger partial charge in [-0.1, -0.05) is 0 Å². The number of fused-ring (bicyclic) bond motifs is 1. The van der Waals surface area contributed by atoms with E-state index in [-0.39, 0.29) is 5.75 Å². The summed E-state index contributed by atoms with van der Waals surface area (Å²) in [6.07, 6.45) is 0. The molecular weight excluding hydrogens is 379 g/mol. The Bertz CT molecular complexity index is 811. The Morgan fingerprint density at radius 2 is 2.05 bits per heavy atom. The van der Waals surface area contributed by atoms with Crippen molar-refractivity contribution >= 4 is 33.6 Å². The van der Waals surface area contributed by atoms with Gasteiger partial charge in [0.15, 0.2) is 0 Å². The maximum atomic E-state index is 10.2. The van der Waals surface area contributed by atoms with Gasteiger partial charge in [-0.25, -0.2) is 4.98 Å². The molecule has 21 heavy (non-hydrogen) atoms. The van der Waals surface area contributed by atoms with Gasteiger partial charge in [-0.15, -0.1) is 0 Å². The number of aryl methyl sites for hydroxylation is 1. The van der Waals surface area contributed by atoms with Crippen LogP contribution in [0.25, 0.3) is 22.4 Å². The molecular formula is C16H15IN2O2. The SMILES string of the molecule is CCn1c(-c2cc(I)ccc2O)nc2cc(OC)ccc21. The molecule has 2 aromatic carbocycles. The topological polar surface area (TPSA) is 47.3 Å². The fraction of sp³-hybridized carbons (Fsp3) is 0.188. The van der Waals surface area contributed by atoms with E-state index < -0.39 is 0 Å². The van der Waals surface area contributed by atoms with Crippen molar-refractivity contribution in [1.82, 2.24) is 9.55 Å². The molecule has 0 atom stereocenters. The number of phenolic OH excluding ortho intramolecular Hbond substituents is 1. The molecule has 0 aliphatic rings. The number of benzene rings is 2. The molecule has 3 rings (SSSR count). The summed E-state index contributed by atoms with van der Waals surface area (Å²) in [5, 5.41) is 10.2. The molecule has 0 radical (unpaired) electrons. The highest BCUT2D eigenvalue weighted by Gasteiger charge is 2.15. The number of halogens is 1. The number of ether oxygens (including phenoxy) is 1. The second-order valence-corrected chi connectivity index (χ2v) is 5.94. The predicted octanol–water partition coefficient (Wildman–Crippen LogP) is 4.04. The molecule has 0 amide bonds. The van der Waals surface area contributed by atoms with Crippen LogP contribution in [0.1, 0.15) is 6.92 Å². The minimum absolute atomic E-state index is 0.243. The van der Waals surface area contributed by atoms with E-state index in [0.717, 1.165) is 38.3 Å². The summed E-state index contributed by atoms with van der Waals surface area (Å²) >= 11 is 2.23. The second-order valence-electron chi connectivity index (χ2n) is 4.70. The third kappa shape index (κ3) is 2.46. The zero-order chi connectivity index (χ0) is 15.0. The molecule has 1 N–H and O–H groups in total. The van der Waals surface area contributed by atoms with Crippen LogP contribution in [0.4, 0.5) is 0 Å². The van der Waals surface area contributed by atoms with Crippen molar-refractivity contribution in [3.8, 4) is 22.9 Å². The molecule has 0 unspecified atom stereocenters. The van der Waals surface area contributed by atoms with Crippen LogP contribution in [-0.4, -0.2) is 21.8 Å². The van der Waals surface area contributed by atoms with E-state index in [4.69, 9.17) is 4.74 Å². The fourth-order valence-electron chi connectivity index (χ4n) is 2.45. The maximum Gasteiger partial charge on any atom is 0.144 e. The molecule has 0 bridgehead atoms. The first kappa shape index (κ1) is 14.2. The van der Waals surface area contributed by atoms with Gasteiger partial charge in [0.1, 0.15) is 17.3 Å². The van der Waals surface area contributed by atoms with Gasteiger partial charge in [0.25, 0.3) is 0 Å². The molecule has 3 aromatic rings. The van der Waals surface area contributed by atoms with Crippen LogP contribution < -0.4 is 4.74 Å². The summed E-state index contributed by atoms with van der Waals surface area (Å²) in [6.45, 7) is 2.85. The second kappa shape index (κ2) is 5.55. The zero-order valence-corrected chi connectivity index (χ0v) is 14.0. The summed E-state index contributed by atoms with van der Waals surface area (Å²) in [5.74, 6) is 1.80. The number of aromatic nitrogens is 2. The van der Waals surface area contributed by atoms with E-state index in [2.05, 4.69) is 39.1 Å². The lowest BCUT2D eigenvalue weighted by atomic mass is 10.2. The van der Waals surface area contributed by atoms with Crippen LogP contribution in [0.3, 0.4) is 0 Å². The maximum absolute atomic E-state index is 10.2. The van der Waals surface area contributed by atoms with Crippen molar-refractivity contribution in [2.75, 3.05) is 7.11 Å². The Hall–Kier alpha value is -1.76. The van der Waals surface area contributed by atoms with Crippen molar-refractivity contribution in [3.63, 3.8) is 0 Å². The molecule has 108 valence electrons. The molecule has 5 heteroatoms. The van der Waals surface area contributed by atoms with Gasteiger partial charge >= 0.3 is 0 Å². The normalized spacial score (nSPS) is 11.0. The molecule has 0 saturated heterocycles. The summed E-state index contributed by atoms with van der Waals surface area (Å²) in [5.41, 5.74) is 2.65. The Balaban J connectivity index is 2.29. The average molecular weight is 394 g/mol. The Labute approximate surface area is 136 Å². The van der Waals surface area contributed by atoms with E-state index in [1.165, 1.54) is 0 Å². The number of rotatable bonds is 3. The number of methoxy groups -OCH3 is 1. The highest BCUT2D eigenvalue weighted by atomic mass is 127. The van der Waals surface area contributed by atoms with Crippen LogP contribution >= 0.6 is 22.6 Å². The molecule has 0 spiro atoms. The van der Waals surface area contributed by atoms with Crippen LogP contribution in [0.15, 0.2) is 36.4 Å². The first-order valence-electron chi connectivity index (χ1n) is 6.67. The zero-order valence-electron chi connectivity index (χ0n) is 11.8. The van der Waals surface area contributed by atoms with Crippen LogP contribution in [0.5, 0.6) is 11.5 Å². The third-order valence-electron chi connectivity index (χ3n) is 3.47. The van der Waals surface area contributed by atoms with Gasteiger partial charge in [0.05, 0.1) is 23.7 Å². The number of imidazole rings is 1. The standard InChI is InChI=1S/C16H15IN2O2/c1-3-19-14-6-5-11(21-2)9-13(14)18-16(19)12-8-10(17)4-7-15(12)20/h4-9,20H,3H2,1-2H3.